The first-order valence-electron chi connectivity index (χ1n) is 10.2. The number of carbonyl (C=O) groups is 2. The van der Waals surface area contributed by atoms with E-state index >= 15 is 0 Å². The predicted molar refractivity (Wildman–Crippen MR) is 119 cm³/mol. The van der Waals surface area contributed by atoms with E-state index in [2.05, 4.69) is 27.0 Å². The number of amides is 2. The van der Waals surface area contributed by atoms with Gasteiger partial charge in [0.05, 0.1) is 35.7 Å². The summed E-state index contributed by atoms with van der Waals surface area (Å²) < 4.78 is 5.55. The van der Waals surface area contributed by atoms with Crippen molar-refractivity contribution in [2.24, 2.45) is 5.92 Å². The van der Waals surface area contributed by atoms with Gasteiger partial charge in [0, 0.05) is 30.8 Å². The number of nitriles is 1. The van der Waals surface area contributed by atoms with Gasteiger partial charge in [0.15, 0.2) is 0 Å². The smallest absolute Gasteiger partial charge is 0.254 e. The van der Waals surface area contributed by atoms with Gasteiger partial charge in [-0.15, -0.1) is 0 Å². The van der Waals surface area contributed by atoms with Crippen molar-refractivity contribution < 1.29 is 14.3 Å². The molecule has 8 nitrogen and oxygen atoms in total. The number of hydrogen-bond acceptors (Lipinski definition) is 6. The number of anilines is 3. The van der Waals surface area contributed by atoms with Crippen LogP contribution in [0.1, 0.15) is 59.7 Å². The first kappa shape index (κ1) is 22.1. The van der Waals surface area contributed by atoms with Crippen molar-refractivity contribution in [2.45, 2.75) is 39.5 Å². The van der Waals surface area contributed by atoms with E-state index in [0.29, 0.717) is 39.6 Å². The predicted octanol–water partition coefficient (Wildman–Crippen LogP) is 3.85. The van der Waals surface area contributed by atoms with Crippen LogP contribution in [0.4, 0.5) is 17.2 Å². The van der Waals surface area contributed by atoms with Crippen LogP contribution in [0.2, 0.25) is 0 Å². The van der Waals surface area contributed by atoms with Gasteiger partial charge in [0.1, 0.15) is 11.6 Å². The fourth-order valence-corrected chi connectivity index (χ4v) is 3.35. The van der Waals surface area contributed by atoms with Crippen LogP contribution in [-0.4, -0.2) is 31.0 Å². The Bertz CT molecular complexity index is 1070. The van der Waals surface area contributed by atoms with E-state index < -0.39 is 0 Å². The number of carbonyl (C=O) groups excluding carboxylic acids is 2. The summed E-state index contributed by atoms with van der Waals surface area (Å²) in [5.74, 6) is 0.646. The minimum atomic E-state index is -0.308. The lowest BCUT2D eigenvalue weighted by molar-refractivity contribution is -0.117. The van der Waals surface area contributed by atoms with Crippen LogP contribution in [0.5, 0.6) is 5.75 Å². The van der Waals surface area contributed by atoms with Gasteiger partial charge in [-0.25, -0.2) is 4.98 Å². The summed E-state index contributed by atoms with van der Waals surface area (Å²) in [6, 6.07) is 5.62. The largest absolute Gasteiger partial charge is 0.495 e. The maximum Gasteiger partial charge on any atom is 0.254 e. The van der Waals surface area contributed by atoms with Crippen molar-refractivity contribution in [3.63, 3.8) is 0 Å². The maximum absolute atomic E-state index is 12.5. The standard InChI is InChI=1S/C23H27N5O3/c1-12(2)16-8-14(10-24)9-18(31-5)20(16)27-19-13(3)21(28-22(29)15-6-7-15)26-11-17(19)23(30)25-4/h8-9,11-12,15H,6-7H2,1-5H3,(H,25,30)(H2,26,27,28,29). The lowest BCUT2D eigenvalue weighted by Gasteiger charge is -2.22. The fourth-order valence-electron chi connectivity index (χ4n) is 3.35. The molecular weight excluding hydrogens is 394 g/mol. The van der Waals surface area contributed by atoms with Crippen molar-refractivity contribution in [1.82, 2.24) is 10.3 Å². The van der Waals surface area contributed by atoms with Crippen LogP contribution in [-0.2, 0) is 4.79 Å². The highest BCUT2D eigenvalue weighted by molar-refractivity contribution is 6.03. The highest BCUT2D eigenvalue weighted by Crippen LogP contribution is 2.39. The van der Waals surface area contributed by atoms with Crippen molar-refractivity contribution in [3.05, 3.63) is 40.6 Å². The van der Waals surface area contributed by atoms with Crippen molar-refractivity contribution in [2.75, 3.05) is 24.8 Å². The topological polar surface area (TPSA) is 116 Å². The van der Waals surface area contributed by atoms with Crippen LogP contribution in [0.25, 0.3) is 0 Å². The molecule has 0 saturated heterocycles. The van der Waals surface area contributed by atoms with E-state index in [4.69, 9.17) is 4.74 Å². The van der Waals surface area contributed by atoms with Crippen LogP contribution >= 0.6 is 0 Å². The van der Waals surface area contributed by atoms with E-state index in [-0.39, 0.29) is 23.7 Å². The van der Waals surface area contributed by atoms with Gasteiger partial charge in [0.25, 0.3) is 5.91 Å². The molecule has 0 radical (unpaired) electrons. The Kier molecular flexibility index (Phi) is 6.44. The Labute approximate surface area is 182 Å². The molecule has 0 aliphatic heterocycles. The van der Waals surface area contributed by atoms with E-state index in [1.165, 1.54) is 13.3 Å². The minimum Gasteiger partial charge on any atom is -0.495 e. The molecule has 1 heterocycles. The molecule has 3 rings (SSSR count). The van der Waals surface area contributed by atoms with Crippen molar-refractivity contribution >= 4 is 29.0 Å². The maximum atomic E-state index is 12.5. The average molecular weight is 422 g/mol. The van der Waals surface area contributed by atoms with E-state index in [1.54, 1.807) is 26.1 Å². The zero-order valence-corrected chi connectivity index (χ0v) is 18.4. The highest BCUT2D eigenvalue weighted by atomic mass is 16.5. The molecule has 0 bridgehead atoms. The third-order valence-corrected chi connectivity index (χ3v) is 5.34. The van der Waals surface area contributed by atoms with Gasteiger partial charge in [-0.05, 0) is 37.3 Å². The lowest BCUT2D eigenvalue weighted by Crippen LogP contribution is -2.22. The molecule has 1 aromatic carbocycles. The molecule has 1 aromatic heterocycles. The number of aromatic nitrogens is 1. The normalized spacial score (nSPS) is 12.8. The molecule has 1 fully saturated rings. The number of rotatable bonds is 7. The molecule has 3 N–H and O–H groups in total. The second-order valence-corrected chi connectivity index (χ2v) is 7.90. The van der Waals surface area contributed by atoms with Crippen LogP contribution in [0.3, 0.4) is 0 Å². The van der Waals surface area contributed by atoms with Gasteiger partial charge < -0.3 is 20.7 Å². The van der Waals surface area contributed by atoms with E-state index in [0.717, 1.165) is 18.4 Å². The van der Waals surface area contributed by atoms with Gasteiger partial charge in [0.2, 0.25) is 5.91 Å². The Morgan fingerprint density at radius 3 is 2.52 bits per heavy atom. The molecule has 8 heteroatoms. The summed E-state index contributed by atoms with van der Waals surface area (Å²) in [7, 11) is 3.08. The van der Waals surface area contributed by atoms with Gasteiger partial charge in [-0.2, -0.15) is 5.26 Å². The molecule has 1 aliphatic rings. The third-order valence-electron chi connectivity index (χ3n) is 5.34. The van der Waals surface area contributed by atoms with Crippen molar-refractivity contribution in [1.29, 1.82) is 5.26 Å². The number of hydrogen-bond donors (Lipinski definition) is 3. The Morgan fingerprint density at radius 1 is 1.26 bits per heavy atom. The van der Waals surface area contributed by atoms with Gasteiger partial charge in [-0.3, -0.25) is 9.59 Å². The second kappa shape index (κ2) is 9.04. The Balaban J connectivity index is 2.14. The number of nitrogens with zero attached hydrogens (tertiary/aromatic N) is 2. The molecule has 2 amide bonds. The van der Waals surface area contributed by atoms with Crippen LogP contribution < -0.4 is 20.7 Å². The molecule has 31 heavy (non-hydrogen) atoms. The van der Waals surface area contributed by atoms with Crippen LogP contribution in [0, 0.1) is 24.2 Å². The second-order valence-electron chi connectivity index (χ2n) is 7.90. The zero-order chi connectivity index (χ0) is 22.7. The summed E-state index contributed by atoms with van der Waals surface area (Å²) >= 11 is 0. The zero-order valence-electron chi connectivity index (χ0n) is 18.4. The van der Waals surface area contributed by atoms with Crippen molar-refractivity contribution in [3.8, 4) is 11.8 Å². The SMILES string of the molecule is CNC(=O)c1cnc(NC(=O)C2CC2)c(C)c1Nc1c(OC)cc(C#N)cc1C(C)C. The molecule has 1 aliphatic carbocycles. The highest BCUT2D eigenvalue weighted by Gasteiger charge is 2.30. The third kappa shape index (κ3) is 4.61. The van der Waals surface area contributed by atoms with Gasteiger partial charge >= 0.3 is 0 Å². The fraction of sp³-hybridized carbons (Fsp3) is 0.391. The molecular formula is C23H27N5O3. The Hall–Kier alpha value is -3.60. The summed E-state index contributed by atoms with van der Waals surface area (Å²) in [5.41, 5.74) is 3.52. The van der Waals surface area contributed by atoms with Crippen LogP contribution in [0.15, 0.2) is 18.3 Å². The first-order chi connectivity index (χ1) is 14.8. The van der Waals surface area contributed by atoms with E-state index in [9.17, 15) is 14.9 Å². The van der Waals surface area contributed by atoms with E-state index in [1.807, 2.05) is 13.8 Å². The number of ether oxygens (including phenoxy) is 1. The quantitative estimate of drug-likeness (QED) is 0.625. The number of methoxy groups -OCH3 is 1. The summed E-state index contributed by atoms with van der Waals surface area (Å²) in [5, 5.41) is 18.2. The molecule has 0 spiro atoms. The monoisotopic (exact) mass is 421 g/mol. The lowest BCUT2D eigenvalue weighted by atomic mass is 9.97. The summed E-state index contributed by atoms with van der Waals surface area (Å²) in [4.78, 5) is 29.2. The molecule has 2 aromatic rings. The Morgan fingerprint density at radius 2 is 1.97 bits per heavy atom. The number of nitrogens with one attached hydrogen (secondary N) is 3. The summed E-state index contributed by atoms with van der Waals surface area (Å²) in [6.45, 7) is 5.83. The number of pyridine rings is 1. The first-order valence-corrected chi connectivity index (χ1v) is 10.2. The molecule has 0 unspecified atom stereocenters. The summed E-state index contributed by atoms with van der Waals surface area (Å²) in [6.07, 6.45) is 3.21. The number of benzene rings is 1. The minimum absolute atomic E-state index is 0.0300. The van der Waals surface area contributed by atoms with Gasteiger partial charge in [-0.1, -0.05) is 13.8 Å². The molecule has 0 atom stereocenters. The average Bonchev–Trinajstić information content (AvgIpc) is 3.61. The molecule has 162 valence electrons. The molecule has 1 saturated carbocycles.